The molecular formula is C19H28OS. The molecule has 1 rings (SSSR count). The molecule has 0 unspecified atom stereocenters. The molecule has 0 radical (unpaired) electrons. The monoisotopic (exact) mass is 304 g/mol. The molecule has 0 bridgehead atoms. The summed E-state index contributed by atoms with van der Waals surface area (Å²) >= 11 is 1.97. The lowest BCUT2D eigenvalue weighted by Gasteiger charge is -2.04. The minimum Gasteiger partial charge on any atom is -0.497 e. The number of thioether (sulfide) groups is 1. The molecule has 0 N–H and O–H groups in total. The third-order valence-corrected chi connectivity index (χ3v) is 4.46. The van der Waals surface area contributed by atoms with E-state index in [-0.39, 0.29) is 0 Å². The summed E-state index contributed by atoms with van der Waals surface area (Å²) in [5.41, 5.74) is 4.69. The molecule has 21 heavy (non-hydrogen) atoms. The molecule has 0 spiro atoms. The number of hydrogen-bond acceptors (Lipinski definition) is 2. The van der Waals surface area contributed by atoms with E-state index < -0.39 is 0 Å². The summed E-state index contributed by atoms with van der Waals surface area (Å²) in [6.45, 7) is 4.50. The van der Waals surface area contributed by atoms with E-state index in [0.717, 1.165) is 12.2 Å². The Morgan fingerprint density at radius 3 is 2.43 bits per heavy atom. The van der Waals surface area contributed by atoms with E-state index in [0.29, 0.717) is 0 Å². The summed E-state index contributed by atoms with van der Waals surface area (Å²) in [7, 11) is 1.70. The zero-order valence-electron chi connectivity index (χ0n) is 13.7. The molecule has 0 aliphatic heterocycles. The molecule has 0 amide bonds. The molecule has 0 atom stereocenters. The first-order chi connectivity index (χ1) is 10.3. The molecule has 1 aromatic carbocycles. The van der Waals surface area contributed by atoms with Crippen molar-refractivity contribution in [2.45, 2.75) is 52.4 Å². The third-order valence-electron chi connectivity index (χ3n) is 3.30. The lowest BCUT2D eigenvalue weighted by Crippen LogP contribution is -1.83. The van der Waals surface area contributed by atoms with Gasteiger partial charge in [0.25, 0.3) is 0 Å². The number of allylic oxidation sites excluding steroid dienone is 1. The molecule has 0 fully saturated rings. The molecule has 0 aromatic heterocycles. The van der Waals surface area contributed by atoms with E-state index in [1.807, 2.05) is 23.9 Å². The highest BCUT2D eigenvalue weighted by Crippen LogP contribution is 2.23. The largest absolute Gasteiger partial charge is 0.497 e. The van der Waals surface area contributed by atoms with Gasteiger partial charge in [0.05, 0.1) is 7.11 Å². The van der Waals surface area contributed by atoms with Crippen molar-refractivity contribution in [3.8, 4) is 5.75 Å². The van der Waals surface area contributed by atoms with Gasteiger partial charge in [-0.15, -0.1) is 17.5 Å². The van der Waals surface area contributed by atoms with Gasteiger partial charge in [0.1, 0.15) is 5.75 Å². The molecule has 0 saturated carbocycles. The Kier molecular flexibility index (Phi) is 9.86. The predicted octanol–water partition coefficient (Wildman–Crippen LogP) is 6.30. The quantitative estimate of drug-likeness (QED) is 0.370. The van der Waals surface area contributed by atoms with E-state index in [1.54, 1.807) is 7.11 Å². The van der Waals surface area contributed by atoms with Crippen LogP contribution in [0.5, 0.6) is 5.75 Å². The normalized spacial score (nSPS) is 10.0. The second-order valence-electron chi connectivity index (χ2n) is 5.14. The molecule has 1 aromatic rings. The van der Waals surface area contributed by atoms with Crippen LogP contribution >= 0.6 is 11.8 Å². The van der Waals surface area contributed by atoms with Crippen LogP contribution in [-0.4, -0.2) is 12.9 Å². The van der Waals surface area contributed by atoms with Gasteiger partial charge in [0, 0.05) is 4.91 Å². The second kappa shape index (κ2) is 11.5. The minimum absolute atomic E-state index is 0.900. The number of ether oxygens (including phenoxy) is 1. The maximum absolute atomic E-state index is 5.18. The molecular weight excluding hydrogens is 276 g/mol. The molecule has 116 valence electrons. The molecule has 0 aliphatic rings. The number of benzene rings is 1. The smallest absolute Gasteiger partial charge is 0.118 e. The van der Waals surface area contributed by atoms with Crippen molar-refractivity contribution >= 4 is 17.8 Å². The van der Waals surface area contributed by atoms with Gasteiger partial charge >= 0.3 is 0 Å². The Hall–Kier alpha value is -1.11. The van der Waals surface area contributed by atoms with Crippen LogP contribution in [0.2, 0.25) is 0 Å². The Balaban J connectivity index is 2.69. The van der Waals surface area contributed by atoms with Crippen molar-refractivity contribution in [1.82, 2.24) is 0 Å². The van der Waals surface area contributed by atoms with Gasteiger partial charge < -0.3 is 4.74 Å². The fraction of sp³-hybridized carbons (Fsp3) is 0.526. The Labute approximate surface area is 134 Å². The summed E-state index contributed by atoms with van der Waals surface area (Å²) < 4.78 is 5.18. The van der Waals surface area contributed by atoms with E-state index in [1.165, 1.54) is 48.3 Å². The highest BCUT2D eigenvalue weighted by Gasteiger charge is 1.98. The van der Waals surface area contributed by atoms with Gasteiger partial charge in [-0.25, -0.2) is 0 Å². The van der Waals surface area contributed by atoms with Gasteiger partial charge in [-0.05, 0) is 48.8 Å². The van der Waals surface area contributed by atoms with Crippen LogP contribution < -0.4 is 4.74 Å². The Morgan fingerprint density at radius 1 is 1.10 bits per heavy atom. The van der Waals surface area contributed by atoms with E-state index in [9.17, 15) is 0 Å². The number of unbranched alkanes of at least 4 members (excludes halogenated alkanes) is 3. The van der Waals surface area contributed by atoms with Crippen LogP contribution in [0.15, 0.2) is 34.9 Å². The number of hydrogen-bond donors (Lipinski definition) is 0. The van der Waals surface area contributed by atoms with E-state index >= 15 is 0 Å². The lowest BCUT2D eigenvalue weighted by atomic mass is 10.2. The molecule has 0 heterocycles. The first-order valence-electron chi connectivity index (χ1n) is 8.02. The molecule has 0 saturated heterocycles. The fourth-order valence-electron chi connectivity index (χ4n) is 1.93. The second-order valence-corrected chi connectivity index (χ2v) is 6.33. The lowest BCUT2D eigenvalue weighted by molar-refractivity contribution is 0.415. The van der Waals surface area contributed by atoms with Crippen LogP contribution in [0.1, 0.15) is 57.9 Å². The van der Waals surface area contributed by atoms with Crippen molar-refractivity contribution in [2.24, 2.45) is 0 Å². The Morgan fingerprint density at radius 2 is 1.81 bits per heavy atom. The standard InChI is InChI=1S/C19H28OS/c1-4-6-8-9-19(21-16-7-5-2)15-12-17-10-13-18(20-3)14-11-17/h10-14H,4-9,16H2,1-3H3. The van der Waals surface area contributed by atoms with E-state index in [4.69, 9.17) is 4.74 Å². The van der Waals surface area contributed by atoms with Crippen LogP contribution in [0.3, 0.4) is 0 Å². The van der Waals surface area contributed by atoms with Gasteiger partial charge in [-0.1, -0.05) is 45.2 Å². The van der Waals surface area contributed by atoms with Crippen molar-refractivity contribution in [3.05, 3.63) is 40.5 Å². The maximum Gasteiger partial charge on any atom is 0.118 e. The average Bonchev–Trinajstić information content (AvgIpc) is 2.53. The zero-order valence-corrected chi connectivity index (χ0v) is 14.5. The summed E-state index contributed by atoms with van der Waals surface area (Å²) in [5.74, 6) is 2.11. The maximum atomic E-state index is 5.18. The summed E-state index contributed by atoms with van der Waals surface area (Å²) in [5, 5.41) is 0. The van der Waals surface area contributed by atoms with Gasteiger partial charge in [-0.2, -0.15) is 0 Å². The van der Waals surface area contributed by atoms with Crippen LogP contribution in [0.25, 0.3) is 6.08 Å². The van der Waals surface area contributed by atoms with Crippen LogP contribution in [0, 0.1) is 0 Å². The first kappa shape index (κ1) is 17.9. The van der Waals surface area contributed by atoms with E-state index in [2.05, 4.69) is 37.8 Å². The topological polar surface area (TPSA) is 9.23 Å². The fourth-order valence-corrected chi connectivity index (χ4v) is 3.04. The van der Waals surface area contributed by atoms with Crippen molar-refractivity contribution in [1.29, 1.82) is 0 Å². The van der Waals surface area contributed by atoms with Crippen LogP contribution in [0.4, 0.5) is 0 Å². The third kappa shape index (κ3) is 8.04. The number of methoxy groups -OCH3 is 1. The van der Waals surface area contributed by atoms with Gasteiger partial charge in [-0.3, -0.25) is 0 Å². The highest BCUT2D eigenvalue weighted by molar-refractivity contribution is 8.03. The zero-order chi connectivity index (χ0) is 15.3. The SMILES string of the molecule is CCCCCC(=C=Cc1ccc(OC)cc1)SCCCC. The van der Waals surface area contributed by atoms with Gasteiger partial charge in [0.2, 0.25) is 0 Å². The highest BCUT2D eigenvalue weighted by atomic mass is 32.2. The van der Waals surface area contributed by atoms with Crippen molar-refractivity contribution < 1.29 is 4.74 Å². The minimum atomic E-state index is 0.900. The summed E-state index contributed by atoms with van der Waals surface area (Å²) in [4.78, 5) is 1.40. The molecule has 2 heteroatoms. The van der Waals surface area contributed by atoms with Crippen molar-refractivity contribution in [2.75, 3.05) is 12.9 Å². The van der Waals surface area contributed by atoms with Crippen molar-refractivity contribution in [3.63, 3.8) is 0 Å². The predicted molar refractivity (Wildman–Crippen MR) is 96.0 cm³/mol. The summed E-state index contributed by atoms with van der Waals surface area (Å²) in [6, 6.07) is 8.14. The Bertz CT molecular complexity index is 429. The van der Waals surface area contributed by atoms with Gasteiger partial charge in [0.15, 0.2) is 0 Å². The summed E-state index contributed by atoms with van der Waals surface area (Å²) in [6.07, 6.45) is 9.66. The number of rotatable bonds is 10. The first-order valence-corrected chi connectivity index (χ1v) is 9.01. The molecule has 1 nitrogen and oxygen atoms in total. The molecule has 0 aliphatic carbocycles. The average molecular weight is 304 g/mol. The van der Waals surface area contributed by atoms with Crippen LogP contribution in [-0.2, 0) is 0 Å².